The van der Waals surface area contributed by atoms with Crippen LogP contribution in [-0.2, 0) is 14.6 Å². The first-order valence-corrected chi connectivity index (χ1v) is 8.18. The fourth-order valence-electron chi connectivity index (χ4n) is 2.18. The van der Waals surface area contributed by atoms with Crippen molar-refractivity contribution in [2.45, 2.75) is 39.0 Å². The quantitative estimate of drug-likeness (QED) is 0.809. The van der Waals surface area contributed by atoms with E-state index in [1.165, 1.54) is 0 Å². The molecule has 0 aromatic carbocycles. The molecule has 1 fully saturated rings. The lowest BCUT2D eigenvalue weighted by Crippen LogP contribution is -2.43. The van der Waals surface area contributed by atoms with Crippen LogP contribution in [0.15, 0.2) is 0 Å². The fraction of sp³-hybridized carbons (Fsp3) is 0.833. The van der Waals surface area contributed by atoms with Gasteiger partial charge in [0.1, 0.15) is 5.41 Å². The van der Waals surface area contributed by atoms with Crippen LogP contribution in [0, 0.1) is 16.7 Å². The van der Waals surface area contributed by atoms with E-state index in [1.54, 1.807) is 6.92 Å². The number of nitrogens with one attached hydrogen (secondary N) is 1. The summed E-state index contributed by atoms with van der Waals surface area (Å²) >= 11 is 0. The molecule has 6 heteroatoms. The lowest BCUT2D eigenvalue weighted by molar-refractivity contribution is -0.129. The van der Waals surface area contributed by atoms with Crippen molar-refractivity contribution in [3.63, 3.8) is 0 Å². The van der Waals surface area contributed by atoms with Gasteiger partial charge in [0.2, 0.25) is 5.91 Å². The van der Waals surface area contributed by atoms with Crippen molar-refractivity contribution in [3.8, 4) is 6.07 Å². The van der Waals surface area contributed by atoms with Gasteiger partial charge in [-0.05, 0) is 12.8 Å². The minimum absolute atomic E-state index is 0.0588. The molecule has 0 unspecified atom stereocenters. The first-order valence-electron chi connectivity index (χ1n) is 6.36. The predicted octanol–water partition coefficient (Wildman–Crippen LogP) is 1.01. The summed E-state index contributed by atoms with van der Waals surface area (Å²) in [5.74, 6) is -0.292. The van der Waals surface area contributed by atoms with Crippen LogP contribution in [-0.4, -0.2) is 32.4 Å². The summed E-state index contributed by atoms with van der Waals surface area (Å²) in [5, 5.41) is 11.8. The minimum atomic E-state index is -3.07. The zero-order chi connectivity index (χ0) is 13.6. The summed E-state index contributed by atoms with van der Waals surface area (Å²) in [6.45, 7) is 1.67. The molecule has 18 heavy (non-hydrogen) atoms. The summed E-state index contributed by atoms with van der Waals surface area (Å²) in [4.78, 5) is 12.0. The van der Waals surface area contributed by atoms with Gasteiger partial charge >= 0.3 is 0 Å². The van der Waals surface area contributed by atoms with Gasteiger partial charge in [-0.3, -0.25) is 4.79 Å². The third-order valence-corrected chi connectivity index (χ3v) is 5.20. The Morgan fingerprint density at radius 1 is 1.33 bits per heavy atom. The van der Waals surface area contributed by atoms with Gasteiger partial charge in [-0.2, -0.15) is 5.26 Å². The SMILES string of the molecule is CCS(=O)(=O)CCNC(=O)C1(C#N)CCCCC1. The molecule has 1 rings (SSSR count). The standard InChI is InChI=1S/C12H20N2O3S/c1-2-18(16,17)9-8-14-11(15)12(10-13)6-4-3-5-7-12/h2-9H2,1H3,(H,14,15). The highest BCUT2D eigenvalue weighted by Gasteiger charge is 2.39. The van der Waals surface area contributed by atoms with Crippen LogP contribution < -0.4 is 5.32 Å². The lowest BCUT2D eigenvalue weighted by Gasteiger charge is -2.29. The highest BCUT2D eigenvalue weighted by atomic mass is 32.2. The van der Waals surface area contributed by atoms with Gasteiger partial charge in [-0.1, -0.05) is 26.2 Å². The molecule has 1 amide bonds. The zero-order valence-corrected chi connectivity index (χ0v) is 11.6. The molecule has 1 saturated carbocycles. The Morgan fingerprint density at radius 3 is 2.44 bits per heavy atom. The Hall–Kier alpha value is -1.09. The van der Waals surface area contributed by atoms with Crippen molar-refractivity contribution in [3.05, 3.63) is 0 Å². The molecular weight excluding hydrogens is 252 g/mol. The van der Waals surface area contributed by atoms with Crippen molar-refractivity contribution in [2.75, 3.05) is 18.1 Å². The first kappa shape index (κ1) is 15.0. The van der Waals surface area contributed by atoms with E-state index in [1.807, 2.05) is 0 Å². The normalized spacial score (nSPS) is 18.9. The maximum Gasteiger partial charge on any atom is 0.240 e. The van der Waals surface area contributed by atoms with E-state index in [-0.39, 0.29) is 24.0 Å². The molecule has 102 valence electrons. The second kappa shape index (κ2) is 6.19. The van der Waals surface area contributed by atoms with E-state index in [0.717, 1.165) is 19.3 Å². The molecule has 0 aliphatic heterocycles. The van der Waals surface area contributed by atoms with Crippen LogP contribution >= 0.6 is 0 Å². The van der Waals surface area contributed by atoms with Gasteiger partial charge in [0, 0.05) is 12.3 Å². The zero-order valence-electron chi connectivity index (χ0n) is 10.7. The summed E-state index contributed by atoms with van der Waals surface area (Å²) in [6.07, 6.45) is 3.98. The Labute approximate surface area is 108 Å². The molecule has 0 aromatic rings. The highest BCUT2D eigenvalue weighted by molar-refractivity contribution is 7.91. The van der Waals surface area contributed by atoms with Crippen LogP contribution in [0.2, 0.25) is 0 Å². The molecule has 0 bridgehead atoms. The number of rotatable bonds is 5. The van der Waals surface area contributed by atoms with Crippen LogP contribution in [0.1, 0.15) is 39.0 Å². The van der Waals surface area contributed by atoms with E-state index in [9.17, 15) is 18.5 Å². The van der Waals surface area contributed by atoms with Gasteiger partial charge in [0.05, 0.1) is 11.8 Å². The highest BCUT2D eigenvalue weighted by Crippen LogP contribution is 2.35. The van der Waals surface area contributed by atoms with Crippen LogP contribution in [0.5, 0.6) is 0 Å². The summed E-state index contributed by atoms with van der Waals surface area (Å²) in [6, 6.07) is 2.12. The molecule has 0 heterocycles. The van der Waals surface area contributed by atoms with Gasteiger partial charge < -0.3 is 5.32 Å². The van der Waals surface area contributed by atoms with Crippen molar-refractivity contribution in [2.24, 2.45) is 5.41 Å². The van der Waals surface area contributed by atoms with Crippen LogP contribution in [0.3, 0.4) is 0 Å². The molecule has 0 spiro atoms. The number of sulfone groups is 1. The van der Waals surface area contributed by atoms with Crippen LogP contribution in [0.4, 0.5) is 0 Å². The topological polar surface area (TPSA) is 87.0 Å². The largest absolute Gasteiger partial charge is 0.354 e. The molecule has 0 aromatic heterocycles. The van der Waals surface area contributed by atoms with Crippen molar-refractivity contribution in [1.29, 1.82) is 5.26 Å². The monoisotopic (exact) mass is 272 g/mol. The van der Waals surface area contributed by atoms with E-state index in [0.29, 0.717) is 12.8 Å². The lowest BCUT2D eigenvalue weighted by atomic mass is 9.74. The second-order valence-electron chi connectivity index (χ2n) is 4.75. The molecule has 1 aliphatic carbocycles. The first-order chi connectivity index (χ1) is 8.46. The van der Waals surface area contributed by atoms with Crippen molar-refractivity contribution in [1.82, 2.24) is 5.32 Å². The molecule has 0 atom stereocenters. The maximum atomic E-state index is 12.0. The van der Waals surface area contributed by atoms with Crippen molar-refractivity contribution < 1.29 is 13.2 Å². The van der Waals surface area contributed by atoms with Gasteiger partial charge in [-0.25, -0.2) is 8.42 Å². The van der Waals surface area contributed by atoms with E-state index < -0.39 is 15.3 Å². The molecule has 1 N–H and O–H groups in total. The molecule has 1 aliphatic rings. The predicted molar refractivity (Wildman–Crippen MR) is 68.5 cm³/mol. The van der Waals surface area contributed by atoms with Gasteiger partial charge in [0.25, 0.3) is 0 Å². The summed E-state index contributed by atoms with van der Waals surface area (Å²) in [7, 11) is -3.07. The maximum absolute atomic E-state index is 12.0. The number of nitrogens with zero attached hydrogens (tertiary/aromatic N) is 1. The third-order valence-electron chi connectivity index (χ3n) is 3.49. The molecular formula is C12H20N2O3S. The van der Waals surface area contributed by atoms with E-state index in [2.05, 4.69) is 11.4 Å². The number of hydrogen-bond donors (Lipinski definition) is 1. The Kier molecular flexibility index (Phi) is 5.15. The Bertz CT molecular complexity index is 431. The Morgan fingerprint density at radius 2 is 1.94 bits per heavy atom. The second-order valence-corrected chi connectivity index (χ2v) is 7.22. The average molecular weight is 272 g/mol. The molecule has 0 saturated heterocycles. The van der Waals surface area contributed by atoms with E-state index in [4.69, 9.17) is 0 Å². The number of carbonyl (C=O) groups excluding carboxylic acids is 1. The van der Waals surface area contributed by atoms with E-state index >= 15 is 0 Å². The van der Waals surface area contributed by atoms with Gasteiger partial charge in [-0.15, -0.1) is 0 Å². The van der Waals surface area contributed by atoms with Crippen molar-refractivity contribution >= 4 is 15.7 Å². The third kappa shape index (κ3) is 3.70. The Balaban J connectivity index is 2.52. The number of carbonyl (C=O) groups is 1. The number of amides is 1. The molecule has 0 radical (unpaired) electrons. The molecule has 5 nitrogen and oxygen atoms in total. The smallest absolute Gasteiger partial charge is 0.240 e. The number of hydrogen-bond acceptors (Lipinski definition) is 4. The number of nitriles is 1. The summed E-state index contributed by atoms with van der Waals surface area (Å²) < 4.78 is 22.6. The minimum Gasteiger partial charge on any atom is -0.354 e. The fourth-order valence-corrected chi connectivity index (χ4v) is 2.88. The van der Waals surface area contributed by atoms with Crippen LogP contribution in [0.25, 0.3) is 0 Å². The average Bonchev–Trinajstić information content (AvgIpc) is 2.39. The summed E-state index contributed by atoms with van der Waals surface area (Å²) in [5.41, 5.74) is -0.936. The van der Waals surface area contributed by atoms with Gasteiger partial charge in [0.15, 0.2) is 9.84 Å².